The second kappa shape index (κ2) is 7.31. The number of aryl methyl sites for hydroxylation is 3. The Bertz CT molecular complexity index is 744. The predicted molar refractivity (Wildman–Crippen MR) is 103 cm³/mol. The van der Waals surface area contributed by atoms with Gasteiger partial charge in [-0.15, -0.1) is 11.8 Å². The molecule has 2 amide bonds. The van der Waals surface area contributed by atoms with Gasteiger partial charge in [-0.05, 0) is 43.0 Å². The van der Waals surface area contributed by atoms with E-state index in [1.54, 1.807) is 0 Å². The van der Waals surface area contributed by atoms with E-state index >= 15 is 0 Å². The maximum atomic E-state index is 12.8. The Balaban J connectivity index is 1.81. The van der Waals surface area contributed by atoms with Crippen molar-refractivity contribution in [3.8, 4) is 0 Å². The lowest BCUT2D eigenvalue weighted by molar-refractivity contribution is 0.214. The van der Waals surface area contributed by atoms with Crippen LogP contribution in [0, 0.1) is 13.8 Å². The lowest BCUT2D eigenvalue weighted by atomic mass is 10.1. The molecule has 1 fully saturated rings. The average molecular weight is 340 g/mol. The molecule has 1 aliphatic rings. The summed E-state index contributed by atoms with van der Waals surface area (Å²) in [6.45, 7) is 7.12. The number of benzene rings is 2. The number of carbonyl (C=O) groups is 1. The van der Waals surface area contributed by atoms with Crippen LogP contribution in [-0.2, 0) is 6.42 Å². The predicted octanol–water partition coefficient (Wildman–Crippen LogP) is 5.15. The number of nitrogens with zero attached hydrogens (tertiary/aromatic N) is 1. The Morgan fingerprint density at radius 1 is 1.25 bits per heavy atom. The zero-order valence-electron chi connectivity index (χ0n) is 14.5. The highest BCUT2D eigenvalue weighted by Gasteiger charge is 2.31. The van der Waals surface area contributed by atoms with Crippen LogP contribution in [0.5, 0.6) is 0 Å². The zero-order chi connectivity index (χ0) is 17.1. The Morgan fingerprint density at radius 3 is 2.79 bits per heavy atom. The molecule has 0 radical (unpaired) electrons. The summed E-state index contributed by atoms with van der Waals surface area (Å²) in [5.74, 6) is 0.973. The van der Waals surface area contributed by atoms with Crippen molar-refractivity contribution >= 4 is 23.5 Å². The largest absolute Gasteiger partial charge is 0.323 e. The molecule has 3 rings (SSSR count). The van der Waals surface area contributed by atoms with Crippen LogP contribution < -0.4 is 5.32 Å². The van der Waals surface area contributed by atoms with Gasteiger partial charge in [0.15, 0.2) is 0 Å². The number of thioether (sulfide) groups is 1. The molecule has 0 aromatic heterocycles. The number of nitrogens with one attached hydrogen (secondary N) is 1. The van der Waals surface area contributed by atoms with E-state index in [2.05, 4.69) is 50.4 Å². The average Bonchev–Trinajstić information content (AvgIpc) is 3.05. The first kappa shape index (κ1) is 16.9. The van der Waals surface area contributed by atoms with Crippen LogP contribution in [0.25, 0.3) is 0 Å². The molecule has 1 saturated heterocycles. The first-order valence-electron chi connectivity index (χ1n) is 8.44. The van der Waals surface area contributed by atoms with E-state index in [0.717, 1.165) is 24.4 Å². The molecule has 3 nitrogen and oxygen atoms in total. The standard InChI is InChI=1S/C20H24N2OS/c1-4-16-7-5-6-8-18(16)21-20(23)22-11-12-24-19(22)17-10-9-14(2)13-15(17)3/h5-10,13,19H,4,11-12H2,1-3H3,(H,21,23)/t19-/m0/s1. The highest BCUT2D eigenvalue weighted by Crippen LogP contribution is 2.39. The number of hydrogen-bond acceptors (Lipinski definition) is 2. The second-order valence-electron chi connectivity index (χ2n) is 6.22. The summed E-state index contributed by atoms with van der Waals surface area (Å²) in [6.07, 6.45) is 0.908. The molecular weight excluding hydrogens is 316 g/mol. The van der Waals surface area contributed by atoms with Crippen molar-refractivity contribution in [2.75, 3.05) is 17.6 Å². The summed E-state index contributed by atoms with van der Waals surface area (Å²) in [5, 5.41) is 3.20. The first-order valence-corrected chi connectivity index (χ1v) is 9.49. The fraction of sp³-hybridized carbons (Fsp3) is 0.350. The quantitative estimate of drug-likeness (QED) is 0.838. The molecule has 0 aliphatic carbocycles. The highest BCUT2D eigenvalue weighted by molar-refractivity contribution is 7.99. The lowest BCUT2D eigenvalue weighted by Crippen LogP contribution is -2.34. The molecule has 0 saturated carbocycles. The van der Waals surface area contributed by atoms with Crippen LogP contribution in [0.1, 0.15) is 34.6 Å². The van der Waals surface area contributed by atoms with Gasteiger partial charge in [-0.1, -0.05) is 48.9 Å². The Morgan fingerprint density at radius 2 is 2.04 bits per heavy atom. The van der Waals surface area contributed by atoms with Crippen molar-refractivity contribution in [1.82, 2.24) is 4.90 Å². The molecule has 1 aliphatic heterocycles. The van der Waals surface area contributed by atoms with E-state index in [-0.39, 0.29) is 11.4 Å². The molecular formula is C20H24N2OS. The third-order valence-electron chi connectivity index (χ3n) is 4.48. The van der Waals surface area contributed by atoms with E-state index in [1.807, 2.05) is 34.9 Å². The Hall–Kier alpha value is -1.94. The maximum absolute atomic E-state index is 12.8. The molecule has 1 heterocycles. The fourth-order valence-corrected chi connectivity index (χ4v) is 4.53. The van der Waals surface area contributed by atoms with Crippen LogP contribution in [0.2, 0.25) is 0 Å². The molecule has 1 atom stereocenters. The van der Waals surface area contributed by atoms with Crippen molar-refractivity contribution < 1.29 is 4.79 Å². The van der Waals surface area contributed by atoms with Gasteiger partial charge in [0.2, 0.25) is 0 Å². The van der Waals surface area contributed by atoms with Crippen LogP contribution in [0.15, 0.2) is 42.5 Å². The topological polar surface area (TPSA) is 32.3 Å². The van der Waals surface area contributed by atoms with Gasteiger partial charge < -0.3 is 10.2 Å². The van der Waals surface area contributed by atoms with Crippen molar-refractivity contribution in [3.05, 3.63) is 64.7 Å². The van der Waals surface area contributed by atoms with Crippen molar-refractivity contribution in [3.63, 3.8) is 0 Å². The summed E-state index contributed by atoms with van der Waals surface area (Å²) in [5.41, 5.74) is 5.83. The maximum Gasteiger partial charge on any atom is 0.323 e. The molecule has 24 heavy (non-hydrogen) atoms. The Kier molecular flexibility index (Phi) is 5.14. The molecule has 126 valence electrons. The van der Waals surface area contributed by atoms with Crippen molar-refractivity contribution in [2.24, 2.45) is 0 Å². The number of urea groups is 1. The van der Waals surface area contributed by atoms with Gasteiger partial charge in [0.25, 0.3) is 0 Å². The highest BCUT2D eigenvalue weighted by atomic mass is 32.2. The van der Waals surface area contributed by atoms with Gasteiger partial charge in [0.1, 0.15) is 5.37 Å². The molecule has 2 aromatic carbocycles. The van der Waals surface area contributed by atoms with Crippen LogP contribution in [0.4, 0.5) is 10.5 Å². The van der Waals surface area contributed by atoms with Gasteiger partial charge >= 0.3 is 6.03 Å². The minimum atomic E-state index is -0.00845. The minimum Gasteiger partial charge on any atom is -0.308 e. The third kappa shape index (κ3) is 3.44. The number of amides is 2. The second-order valence-corrected chi connectivity index (χ2v) is 7.41. The molecule has 0 unspecified atom stereocenters. The summed E-state index contributed by atoms with van der Waals surface area (Å²) >= 11 is 1.84. The van der Waals surface area contributed by atoms with E-state index in [0.29, 0.717) is 0 Å². The van der Waals surface area contributed by atoms with Gasteiger partial charge in [-0.25, -0.2) is 4.79 Å². The van der Waals surface area contributed by atoms with E-state index in [1.165, 1.54) is 22.3 Å². The molecule has 2 aromatic rings. The minimum absolute atomic E-state index is 0.00845. The first-order chi connectivity index (χ1) is 11.6. The molecule has 0 bridgehead atoms. The monoisotopic (exact) mass is 340 g/mol. The SMILES string of the molecule is CCc1ccccc1NC(=O)N1CCS[C@H]1c1ccc(C)cc1C. The molecule has 4 heteroatoms. The Labute approximate surface area is 148 Å². The molecule has 0 spiro atoms. The number of hydrogen-bond donors (Lipinski definition) is 1. The van der Waals surface area contributed by atoms with E-state index in [4.69, 9.17) is 0 Å². The number of carbonyl (C=O) groups excluding carboxylic acids is 1. The van der Waals surface area contributed by atoms with Gasteiger partial charge in [0, 0.05) is 18.0 Å². The third-order valence-corrected chi connectivity index (χ3v) is 5.73. The van der Waals surface area contributed by atoms with Crippen LogP contribution in [0.3, 0.4) is 0 Å². The fourth-order valence-electron chi connectivity index (χ4n) is 3.18. The summed E-state index contributed by atoms with van der Waals surface area (Å²) in [6, 6.07) is 14.5. The van der Waals surface area contributed by atoms with Crippen LogP contribution >= 0.6 is 11.8 Å². The number of rotatable bonds is 3. The zero-order valence-corrected chi connectivity index (χ0v) is 15.3. The van der Waals surface area contributed by atoms with Crippen molar-refractivity contribution in [2.45, 2.75) is 32.6 Å². The summed E-state index contributed by atoms with van der Waals surface area (Å²) < 4.78 is 0. The van der Waals surface area contributed by atoms with Gasteiger partial charge in [-0.3, -0.25) is 0 Å². The van der Waals surface area contributed by atoms with Crippen LogP contribution in [-0.4, -0.2) is 23.2 Å². The van der Waals surface area contributed by atoms with E-state index in [9.17, 15) is 4.79 Å². The normalized spacial score (nSPS) is 17.1. The lowest BCUT2D eigenvalue weighted by Gasteiger charge is -2.26. The smallest absolute Gasteiger partial charge is 0.308 e. The summed E-state index contributed by atoms with van der Waals surface area (Å²) in [4.78, 5) is 14.8. The number of anilines is 1. The summed E-state index contributed by atoms with van der Waals surface area (Å²) in [7, 11) is 0. The number of para-hydroxylation sites is 1. The van der Waals surface area contributed by atoms with Crippen molar-refractivity contribution in [1.29, 1.82) is 0 Å². The van der Waals surface area contributed by atoms with Gasteiger partial charge in [0.05, 0.1) is 0 Å². The molecule has 1 N–H and O–H groups in total. The van der Waals surface area contributed by atoms with E-state index < -0.39 is 0 Å². The van der Waals surface area contributed by atoms with Gasteiger partial charge in [-0.2, -0.15) is 0 Å².